The zero-order valence-electron chi connectivity index (χ0n) is 12.6. The maximum atomic E-state index is 12.5. The molecule has 1 aliphatic rings. The van der Waals surface area contributed by atoms with E-state index in [4.69, 9.17) is 5.73 Å². The van der Waals surface area contributed by atoms with Crippen molar-refractivity contribution in [3.05, 3.63) is 35.4 Å². The predicted octanol–water partition coefficient (Wildman–Crippen LogP) is 1.39. The highest BCUT2D eigenvalue weighted by atomic mass is 16.2. The summed E-state index contributed by atoms with van der Waals surface area (Å²) in [5, 5.41) is 2.82. The Morgan fingerprint density at radius 2 is 2.10 bits per heavy atom. The second kappa shape index (κ2) is 6.72. The number of carbonyl (C=O) groups is 2. The average molecular weight is 289 g/mol. The summed E-state index contributed by atoms with van der Waals surface area (Å²) in [4.78, 5) is 26.3. The summed E-state index contributed by atoms with van der Waals surface area (Å²) in [6.45, 7) is 5.27. The number of hydrogen-bond acceptors (Lipinski definition) is 3. The molecule has 0 radical (unpaired) electrons. The molecule has 0 spiro atoms. The van der Waals surface area contributed by atoms with Crippen molar-refractivity contribution in [2.24, 2.45) is 5.73 Å². The number of nitrogens with zero attached hydrogens (tertiary/aromatic N) is 1. The molecule has 1 saturated heterocycles. The standard InChI is InChI=1S/C16H23N3O2/c1-3-8-18-15(20)12-5-4-6-13(10-12)16(21)19-9-7-14(17)11(19)2/h4-6,10-11,14H,3,7-9,17H2,1-2H3,(H,18,20)/t11-,14-/m0/s1. The van der Waals surface area contributed by atoms with Gasteiger partial charge < -0.3 is 16.0 Å². The number of amides is 2. The van der Waals surface area contributed by atoms with Gasteiger partial charge in [-0.2, -0.15) is 0 Å². The molecule has 5 heteroatoms. The van der Waals surface area contributed by atoms with Crippen LogP contribution in [0.25, 0.3) is 0 Å². The third kappa shape index (κ3) is 3.42. The summed E-state index contributed by atoms with van der Waals surface area (Å²) >= 11 is 0. The number of hydrogen-bond donors (Lipinski definition) is 2. The number of benzene rings is 1. The van der Waals surface area contributed by atoms with E-state index in [0.29, 0.717) is 24.2 Å². The minimum atomic E-state index is -0.141. The van der Waals surface area contributed by atoms with E-state index < -0.39 is 0 Å². The molecule has 1 aliphatic heterocycles. The van der Waals surface area contributed by atoms with Crippen LogP contribution in [0.1, 0.15) is 47.4 Å². The number of likely N-dealkylation sites (tertiary alicyclic amines) is 1. The van der Waals surface area contributed by atoms with Gasteiger partial charge in [0.2, 0.25) is 0 Å². The van der Waals surface area contributed by atoms with Gasteiger partial charge in [-0.1, -0.05) is 13.0 Å². The van der Waals surface area contributed by atoms with E-state index in [-0.39, 0.29) is 23.9 Å². The van der Waals surface area contributed by atoms with Crippen LogP contribution in [0.15, 0.2) is 24.3 Å². The fourth-order valence-corrected chi connectivity index (χ4v) is 2.55. The Morgan fingerprint density at radius 3 is 2.71 bits per heavy atom. The molecular weight excluding hydrogens is 266 g/mol. The number of carbonyl (C=O) groups excluding carboxylic acids is 2. The van der Waals surface area contributed by atoms with Crippen LogP contribution in [0.2, 0.25) is 0 Å². The zero-order chi connectivity index (χ0) is 15.4. The van der Waals surface area contributed by atoms with Gasteiger partial charge in [0.05, 0.1) is 0 Å². The molecule has 1 aromatic rings. The quantitative estimate of drug-likeness (QED) is 0.879. The van der Waals surface area contributed by atoms with Crippen LogP contribution >= 0.6 is 0 Å². The number of nitrogens with one attached hydrogen (secondary N) is 1. The molecule has 21 heavy (non-hydrogen) atoms. The van der Waals surface area contributed by atoms with Crippen molar-refractivity contribution < 1.29 is 9.59 Å². The molecule has 2 rings (SSSR count). The normalized spacial score (nSPS) is 21.4. The van der Waals surface area contributed by atoms with Crippen LogP contribution < -0.4 is 11.1 Å². The van der Waals surface area contributed by atoms with Crippen molar-refractivity contribution in [3.8, 4) is 0 Å². The Morgan fingerprint density at radius 1 is 1.38 bits per heavy atom. The van der Waals surface area contributed by atoms with Crippen LogP contribution in [0, 0.1) is 0 Å². The molecule has 114 valence electrons. The maximum absolute atomic E-state index is 12.5. The van der Waals surface area contributed by atoms with Gasteiger partial charge >= 0.3 is 0 Å². The first kappa shape index (κ1) is 15.5. The third-order valence-corrected chi connectivity index (χ3v) is 3.98. The van der Waals surface area contributed by atoms with Crippen LogP contribution in [-0.2, 0) is 0 Å². The summed E-state index contributed by atoms with van der Waals surface area (Å²) < 4.78 is 0. The Kier molecular flexibility index (Phi) is 4.96. The average Bonchev–Trinajstić information content (AvgIpc) is 2.84. The van der Waals surface area contributed by atoms with Gasteiger partial charge in [-0.3, -0.25) is 9.59 Å². The molecule has 0 unspecified atom stereocenters. The van der Waals surface area contributed by atoms with E-state index in [1.807, 2.05) is 13.8 Å². The monoisotopic (exact) mass is 289 g/mol. The lowest BCUT2D eigenvalue weighted by molar-refractivity contribution is 0.0742. The van der Waals surface area contributed by atoms with E-state index in [0.717, 1.165) is 12.8 Å². The van der Waals surface area contributed by atoms with Crippen LogP contribution in [0.3, 0.4) is 0 Å². The predicted molar refractivity (Wildman–Crippen MR) is 82.2 cm³/mol. The lowest BCUT2D eigenvalue weighted by Gasteiger charge is -2.23. The molecule has 3 N–H and O–H groups in total. The van der Waals surface area contributed by atoms with E-state index in [1.54, 1.807) is 29.2 Å². The Labute approximate surface area is 125 Å². The fraction of sp³-hybridized carbons (Fsp3) is 0.500. The first-order valence-electron chi connectivity index (χ1n) is 7.49. The van der Waals surface area contributed by atoms with Crippen molar-refractivity contribution in [1.29, 1.82) is 0 Å². The van der Waals surface area contributed by atoms with Gasteiger partial charge in [-0.05, 0) is 38.0 Å². The molecular formula is C16H23N3O2. The highest BCUT2D eigenvalue weighted by molar-refractivity contribution is 5.99. The second-order valence-corrected chi connectivity index (χ2v) is 5.53. The summed E-state index contributed by atoms with van der Waals surface area (Å²) in [6, 6.07) is 6.94. The first-order chi connectivity index (χ1) is 10.0. The highest BCUT2D eigenvalue weighted by Gasteiger charge is 2.32. The fourth-order valence-electron chi connectivity index (χ4n) is 2.55. The topological polar surface area (TPSA) is 75.4 Å². The zero-order valence-corrected chi connectivity index (χ0v) is 12.6. The first-order valence-corrected chi connectivity index (χ1v) is 7.49. The van der Waals surface area contributed by atoms with E-state index in [2.05, 4.69) is 5.32 Å². The van der Waals surface area contributed by atoms with Crippen molar-refractivity contribution in [1.82, 2.24) is 10.2 Å². The summed E-state index contributed by atoms with van der Waals surface area (Å²) in [7, 11) is 0. The molecule has 1 aromatic carbocycles. The Bertz CT molecular complexity index is 530. The van der Waals surface area contributed by atoms with Gasteiger partial charge in [0, 0.05) is 36.3 Å². The van der Waals surface area contributed by atoms with E-state index in [1.165, 1.54) is 0 Å². The highest BCUT2D eigenvalue weighted by Crippen LogP contribution is 2.19. The molecule has 0 aromatic heterocycles. The molecule has 2 amide bonds. The minimum absolute atomic E-state index is 0.0324. The van der Waals surface area contributed by atoms with Crippen LogP contribution in [-0.4, -0.2) is 41.9 Å². The largest absolute Gasteiger partial charge is 0.352 e. The van der Waals surface area contributed by atoms with Crippen molar-refractivity contribution >= 4 is 11.8 Å². The summed E-state index contributed by atoms with van der Waals surface area (Å²) in [6.07, 6.45) is 1.71. The lowest BCUT2D eigenvalue weighted by Crippen LogP contribution is -2.40. The van der Waals surface area contributed by atoms with E-state index in [9.17, 15) is 9.59 Å². The Balaban J connectivity index is 2.13. The SMILES string of the molecule is CCCNC(=O)c1cccc(C(=O)N2CC[C@H](N)[C@@H]2C)c1. The van der Waals surface area contributed by atoms with Gasteiger partial charge in [0.1, 0.15) is 0 Å². The molecule has 5 nitrogen and oxygen atoms in total. The molecule has 0 aliphatic carbocycles. The maximum Gasteiger partial charge on any atom is 0.254 e. The molecule has 1 heterocycles. The second-order valence-electron chi connectivity index (χ2n) is 5.53. The van der Waals surface area contributed by atoms with Crippen LogP contribution in [0.5, 0.6) is 0 Å². The van der Waals surface area contributed by atoms with Crippen LogP contribution in [0.4, 0.5) is 0 Å². The molecule has 0 bridgehead atoms. The van der Waals surface area contributed by atoms with Crippen molar-refractivity contribution in [2.75, 3.05) is 13.1 Å². The molecule has 2 atom stereocenters. The third-order valence-electron chi connectivity index (χ3n) is 3.98. The summed E-state index contributed by atoms with van der Waals surface area (Å²) in [5.41, 5.74) is 7.02. The number of nitrogens with two attached hydrogens (primary N) is 1. The van der Waals surface area contributed by atoms with Gasteiger partial charge in [0.25, 0.3) is 11.8 Å². The number of rotatable bonds is 4. The Hall–Kier alpha value is -1.88. The van der Waals surface area contributed by atoms with Gasteiger partial charge in [-0.25, -0.2) is 0 Å². The molecule has 1 fully saturated rings. The van der Waals surface area contributed by atoms with E-state index >= 15 is 0 Å². The van der Waals surface area contributed by atoms with Crippen molar-refractivity contribution in [2.45, 2.75) is 38.8 Å². The smallest absolute Gasteiger partial charge is 0.254 e. The van der Waals surface area contributed by atoms with Gasteiger partial charge in [-0.15, -0.1) is 0 Å². The van der Waals surface area contributed by atoms with Crippen molar-refractivity contribution in [3.63, 3.8) is 0 Å². The lowest BCUT2D eigenvalue weighted by atomic mass is 10.1. The van der Waals surface area contributed by atoms with Gasteiger partial charge in [0.15, 0.2) is 0 Å². The summed E-state index contributed by atoms with van der Waals surface area (Å²) in [5.74, 6) is -0.196. The molecule has 0 saturated carbocycles. The minimum Gasteiger partial charge on any atom is -0.352 e.